The SMILES string of the molecule is COc1cc2c(C#N)c(N(C)C(c3ccccc3)c3ccccc3)nc(N)c2c(N)[nH+]1. The summed E-state index contributed by atoms with van der Waals surface area (Å²) < 4.78 is 5.31. The van der Waals surface area contributed by atoms with Gasteiger partial charge in [0.15, 0.2) is 0 Å². The molecule has 31 heavy (non-hydrogen) atoms. The van der Waals surface area contributed by atoms with Crippen molar-refractivity contribution in [2.75, 3.05) is 30.5 Å². The number of methoxy groups -OCH3 is 1. The highest BCUT2D eigenvalue weighted by Crippen LogP contribution is 2.37. The molecule has 0 saturated carbocycles. The first-order valence-corrected chi connectivity index (χ1v) is 9.77. The number of pyridine rings is 2. The number of benzene rings is 2. The van der Waals surface area contributed by atoms with Crippen molar-refractivity contribution in [3.8, 4) is 11.9 Å². The second-order valence-electron chi connectivity index (χ2n) is 7.18. The van der Waals surface area contributed by atoms with Crippen molar-refractivity contribution in [1.82, 2.24) is 4.98 Å². The molecule has 0 unspecified atom stereocenters. The third-order valence-corrected chi connectivity index (χ3v) is 5.33. The highest BCUT2D eigenvalue weighted by Gasteiger charge is 2.26. The fourth-order valence-electron chi connectivity index (χ4n) is 3.91. The molecule has 0 fully saturated rings. The van der Waals surface area contributed by atoms with Crippen LogP contribution in [0.25, 0.3) is 10.8 Å². The first-order chi connectivity index (χ1) is 15.0. The molecule has 5 N–H and O–H groups in total. The number of nitrogens with one attached hydrogen (secondary N) is 1. The van der Waals surface area contributed by atoms with Gasteiger partial charge >= 0.3 is 0 Å². The van der Waals surface area contributed by atoms with Crippen LogP contribution >= 0.6 is 0 Å². The Balaban J connectivity index is 1.97. The summed E-state index contributed by atoms with van der Waals surface area (Å²) in [4.78, 5) is 9.50. The van der Waals surface area contributed by atoms with E-state index in [2.05, 4.69) is 40.3 Å². The number of H-pyrrole nitrogens is 1. The van der Waals surface area contributed by atoms with Gasteiger partial charge in [-0.25, -0.2) is 9.97 Å². The number of aromatic amines is 1. The molecule has 7 heteroatoms. The lowest BCUT2D eigenvalue weighted by Crippen LogP contribution is -2.27. The predicted octanol–water partition coefficient (Wildman–Crippen LogP) is 3.32. The van der Waals surface area contributed by atoms with Crippen LogP contribution in [0.3, 0.4) is 0 Å². The maximum atomic E-state index is 10.1. The predicted molar refractivity (Wildman–Crippen MR) is 122 cm³/mol. The Morgan fingerprint density at radius 3 is 2.13 bits per heavy atom. The van der Waals surface area contributed by atoms with Gasteiger partial charge in [0.1, 0.15) is 28.7 Å². The first-order valence-electron chi connectivity index (χ1n) is 9.77. The summed E-state index contributed by atoms with van der Waals surface area (Å²) in [6, 6.07) is 24.0. The van der Waals surface area contributed by atoms with Crippen LogP contribution in [-0.4, -0.2) is 19.1 Å². The Hall–Kier alpha value is -4.31. The molecule has 0 radical (unpaired) electrons. The summed E-state index contributed by atoms with van der Waals surface area (Å²) in [5.74, 6) is 1.45. The molecule has 0 saturated heterocycles. The van der Waals surface area contributed by atoms with Crippen LogP contribution in [-0.2, 0) is 0 Å². The Labute approximate surface area is 180 Å². The van der Waals surface area contributed by atoms with E-state index in [9.17, 15) is 5.26 Å². The molecule has 2 aromatic heterocycles. The molecule has 0 aliphatic heterocycles. The van der Waals surface area contributed by atoms with Gasteiger partial charge in [0.25, 0.3) is 11.7 Å². The number of nitrogen functional groups attached to an aromatic ring is 2. The van der Waals surface area contributed by atoms with Crippen molar-refractivity contribution >= 4 is 28.2 Å². The van der Waals surface area contributed by atoms with E-state index >= 15 is 0 Å². The smallest absolute Gasteiger partial charge is 0.284 e. The molecule has 0 aliphatic carbocycles. The molecule has 2 heterocycles. The zero-order valence-corrected chi connectivity index (χ0v) is 17.3. The summed E-state index contributed by atoms with van der Waals surface area (Å²) in [7, 11) is 3.44. The Morgan fingerprint density at radius 1 is 1.03 bits per heavy atom. The number of hydrogen-bond donors (Lipinski definition) is 2. The summed E-state index contributed by atoms with van der Waals surface area (Å²) >= 11 is 0. The summed E-state index contributed by atoms with van der Waals surface area (Å²) in [6.45, 7) is 0. The maximum absolute atomic E-state index is 10.1. The van der Waals surface area contributed by atoms with Crippen LogP contribution in [0.4, 0.5) is 17.5 Å². The van der Waals surface area contributed by atoms with Crippen molar-refractivity contribution in [2.24, 2.45) is 0 Å². The van der Waals surface area contributed by atoms with E-state index in [-0.39, 0.29) is 11.9 Å². The minimum atomic E-state index is -0.173. The van der Waals surface area contributed by atoms with E-state index in [0.29, 0.717) is 33.9 Å². The van der Waals surface area contributed by atoms with E-state index in [1.165, 1.54) is 7.11 Å². The lowest BCUT2D eigenvalue weighted by Gasteiger charge is -2.31. The lowest BCUT2D eigenvalue weighted by molar-refractivity contribution is -0.374. The number of nitrogens with two attached hydrogens (primary N) is 2. The molecule has 4 rings (SSSR count). The lowest BCUT2D eigenvalue weighted by atomic mass is 9.96. The molecule has 4 aromatic rings. The second kappa shape index (κ2) is 8.20. The third kappa shape index (κ3) is 3.55. The standard InChI is InChI=1S/C24H22N6O/c1-30(21(15-9-5-3-6-10-15)16-11-7-4-8-12-16)24-18(14-25)17-13-19(31-2)28-22(26)20(17)23(27)29-24/h3-13,21H,1-2H3,(H2,26,28)(H2,27,29)/p+1. The normalized spacial score (nSPS) is 10.8. The number of rotatable bonds is 5. The minimum Gasteiger partial charge on any atom is -0.466 e. The van der Waals surface area contributed by atoms with E-state index < -0.39 is 0 Å². The zero-order valence-electron chi connectivity index (χ0n) is 17.3. The average Bonchev–Trinajstić information content (AvgIpc) is 2.80. The molecule has 0 atom stereocenters. The minimum absolute atomic E-state index is 0.173. The van der Waals surface area contributed by atoms with E-state index in [4.69, 9.17) is 16.2 Å². The van der Waals surface area contributed by atoms with E-state index in [1.807, 2.05) is 48.3 Å². The van der Waals surface area contributed by atoms with Crippen LogP contribution in [0.15, 0.2) is 66.7 Å². The van der Waals surface area contributed by atoms with Crippen LogP contribution in [0.5, 0.6) is 5.88 Å². The monoisotopic (exact) mass is 411 g/mol. The number of aromatic nitrogens is 2. The Morgan fingerprint density at radius 2 is 1.61 bits per heavy atom. The molecule has 0 aliphatic rings. The van der Waals surface area contributed by atoms with Crippen molar-refractivity contribution < 1.29 is 9.72 Å². The van der Waals surface area contributed by atoms with Crippen molar-refractivity contribution in [1.29, 1.82) is 5.26 Å². The van der Waals surface area contributed by atoms with Gasteiger partial charge in [-0.05, 0) is 11.1 Å². The number of hydrogen-bond acceptors (Lipinski definition) is 6. The van der Waals surface area contributed by atoms with Crippen LogP contribution < -0.4 is 26.1 Å². The average molecular weight is 411 g/mol. The Kier molecular flexibility index (Phi) is 5.29. The van der Waals surface area contributed by atoms with Gasteiger partial charge in [-0.3, -0.25) is 5.73 Å². The summed E-state index contributed by atoms with van der Waals surface area (Å²) in [6.07, 6.45) is 0. The molecule has 0 amide bonds. The summed E-state index contributed by atoms with van der Waals surface area (Å²) in [5.41, 5.74) is 15.0. The van der Waals surface area contributed by atoms with Gasteiger partial charge in [-0.15, -0.1) is 0 Å². The number of anilines is 3. The maximum Gasteiger partial charge on any atom is 0.284 e. The number of nitrogens with zero attached hydrogens (tertiary/aromatic N) is 3. The van der Waals surface area contributed by atoms with Crippen LogP contribution in [0.1, 0.15) is 22.7 Å². The van der Waals surface area contributed by atoms with Crippen LogP contribution in [0, 0.1) is 11.3 Å². The van der Waals surface area contributed by atoms with Gasteiger partial charge in [0.2, 0.25) is 0 Å². The number of fused-ring (bicyclic) bond motifs is 1. The topological polar surface area (TPSA) is 115 Å². The molecule has 0 spiro atoms. The van der Waals surface area contributed by atoms with E-state index in [1.54, 1.807) is 6.07 Å². The molecular weight excluding hydrogens is 388 g/mol. The molecular formula is C24H23N6O+. The van der Waals surface area contributed by atoms with Gasteiger partial charge < -0.3 is 15.4 Å². The quantitative estimate of drug-likeness (QED) is 0.520. The molecule has 2 aromatic carbocycles. The van der Waals surface area contributed by atoms with Crippen LogP contribution in [0.2, 0.25) is 0 Å². The highest BCUT2D eigenvalue weighted by molar-refractivity contribution is 6.03. The number of ether oxygens (including phenoxy) is 1. The zero-order chi connectivity index (χ0) is 22.0. The molecule has 7 nitrogen and oxygen atoms in total. The van der Waals surface area contributed by atoms with Crippen molar-refractivity contribution in [2.45, 2.75) is 6.04 Å². The Bertz CT molecular complexity index is 1230. The number of nitriles is 1. The van der Waals surface area contributed by atoms with E-state index in [0.717, 1.165) is 11.1 Å². The van der Waals surface area contributed by atoms with Gasteiger partial charge in [-0.2, -0.15) is 5.26 Å². The molecule has 0 bridgehead atoms. The first kappa shape index (κ1) is 20.0. The molecule has 154 valence electrons. The van der Waals surface area contributed by atoms with Gasteiger partial charge in [-0.1, -0.05) is 60.7 Å². The second-order valence-corrected chi connectivity index (χ2v) is 7.18. The van der Waals surface area contributed by atoms with Gasteiger partial charge in [0.05, 0.1) is 13.2 Å². The van der Waals surface area contributed by atoms with Crippen molar-refractivity contribution in [3.63, 3.8) is 0 Å². The van der Waals surface area contributed by atoms with Crippen molar-refractivity contribution in [3.05, 3.63) is 83.4 Å². The van der Waals surface area contributed by atoms with Gasteiger partial charge in [0, 0.05) is 18.5 Å². The fourth-order valence-corrected chi connectivity index (χ4v) is 3.91. The highest BCUT2D eigenvalue weighted by atomic mass is 16.5. The fraction of sp³-hybridized carbons (Fsp3) is 0.125. The third-order valence-electron chi connectivity index (χ3n) is 5.33. The summed E-state index contributed by atoms with van der Waals surface area (Å²) in [5, 5.41) is 11.2. The largest absolute Gasteiger partial charge is 0.466 e.